The standard InChI is InChI=1S/C23H25BrN2O/c1-4-16-7-10-20-19(15-16)22(2,3)23(25-21(27)12-14-26(20)23)13-11-17-5-8-18(24)9-6-17/h5-11,13,15H,4,12,14H2,1-3H3,(H,25,27)/b13-11+/t23-/m1/s1. The molecule has 0 aromatic heterocycles. The second-order valence-corrected chi connectivity index (χ2v) is 8.85. The maximum Gasteiger partial charge on any atom is 0.223 e. The highest BCUT2D eigenvalue weighted by atomic mass is 79.9. The highest BCUT2D eigenvalue weighted by Gasteiger charge is 2.57. The van der Waals surface area contributed by atoms with Gasteiger partial charge in [0.25, 0.3) is 0 Å². The molecule has 0 bridgehead atoms. The van der Waals surface area contributed by atoms with Crippen molar-refractivity contribution in [2.75, 3.05) is 11.4 Å². The minimum absolute atomic E-state index is 0.114. The topological polar surface area (TPSA) is 32.3 Å². The van der Waals surface area contributed by atoms with Crippen LogP contribution in [0.15, 0.2) is 53.0 Å². The van der Waals surface area contributed by atoms with Gasteiger partial charge in [-0.2, -0.15) is 0 Å². The molecule has 0 unspecified atom stereocenters. The second-order valence-electron chi connectivity index (χ2n) is 7.93. The molecule has 1 N–H and O–H groups in total. The van der Waals surface area contributed by atoms with Crippen molar-refractivity contribution in [2.24, 2.45) is 0 Å². The van der Waals surface area contributed by atoms with Crippen molar-refractivity contribution >= 4 is 33.6 Å². The first-order valence-electron chi connectivity index (χ1n) is 9.54. The summed E-state index contributed by atoms with van der Waals surface area (Å²) in [6.07, 6.45) is 5.84. The maximum absolute atomic E-state index is 12.5. The van der Waals surface area contributed by atoms with Gasteiger partial charge >= 0.3 is 0 Å². The van der Waals surface area contributed by atoms with Gasteiger partial charge in [-0.25, -0.2) is 0 Å². The Morgan fingerprint density at radius 2 is 1.93 bits per heavy atom. The van der Waals surface area contributed by atoms with Crippen LogP contribution in [-0.2, 0) is 16.6 Å². The molecule has 3 nitrogen and oxygen atoms in total. The van der Waals surface area contributed by atoms with Crippen LogP contribution in [0.1, 0.15) is 43.9 Å². The average Bonchev–Trinajstić information content (AvgIpc) is 2.85. The van der Waals surface area contributed by atoms with Crippen LogP contribution in [0, 0.1) is 0 Å². The molecule has 1 amide bonds. The van der Waals surface area contributed by atoms with Crippen molar-refractivity contribution < 1.29 is 4.79 Å². The summed E-state index contributed by atoms with van der Waals surface area (Å²) in [5, 5.41) is 3.34. The zero-order valence-electron chi connectivity index (χ0n) is 16.1. The smallest absolute Gasteiger partial charge is 0.223 e. The molecule has 0 aliphatic carbocycles. The first kappa shape index (κ1) is 18.3. The van der Waals surface area contributed by atoms with Gasteiger partial charge in [0.1, 0.15) is 5.66 Å². The van der Waals surface area contributed by atoms with E-state index in [1.165, 1.54) is 16.8 Å². The largest absolute Gasteiger partial charge is 0.344 e. The first-order chi connectivity index (χ1) is 12.9. The molecule has 2 aliphatic rings. The van der Waals surface area contributed by atoms with Crippen LogP contribution in [0.2, 0.25) is 0 Å². The third-order valence-electron chi connectivity index (χ3n) is 6.09. The van der Waals surface area contributed by atoms with E-state index in [9.17, 15) is 4.79 Å². The van der Waals surface area contributed by atoms with Gasteiger partial charge < -0.3 is 10.2 Å². The van der Waals surface area contributed by atoms with Crippen molar-refractivity contribution in [1.82, 2.24) is 5.32 Å². The third-order valence-corrected chi connectivity index (χ3v) is 6.62. The Morgan fingerprint density at radius 1 is 1.19 bits per heavy atom. The number of amides is 1. The highest BCUT2D eigenvalue weighted by molar-refractivity contribution is 9.10. The van der Waals surface area contributed by atoms with Crippen molar-refractivity contribution in [2.45, 2.75) is 44.7 Å². The summed E-state index contributed by atoms with van der Waals surface area (Å²) >= 11 is 3.49. The SMILES string of the molecule is CCc1ccc2c(c1)C(C)(C)[C@]1(/C=C/c3ccc(Br)cc3)NC(=O)CCN21. The van der Waals surface area contributed by atoms with Gasteiger partial charge in [0.15, 0.2) is 0 Å². The van der Waals surface area contributed by atoms with Gasteiger partial charge in [0, 0.05) is 28.5 Å². The fourth-order valence-corrected chi connectivity index (χ4v) is 4.68. The lowest BCUT2D eigenvalue weighted by Crippen LogP contribution is -2.68. The van der Waals surface area contributed by atoms with E-state index in [1.54, 1.807) is 0 Å². The molecular formula is C23H25BrN2O. The fourth-order valence-electron chi connectivity index (χ4n) is 4.41. The van der Waals surface area contributed by atoms with Crippen molar-refractivity contribution in [3.8, 4) is 0 Å². The van der Waals surface area contributed by atoms with Crippen LogP contribution in [-0.4, -0.2) is 18.1 Å². The molecular weight excluding hydrogens is 400 g/mol. The van der Waals surface area contributed by atoms with Crippen LogP contribution in [0.4, 0.5) is 5.69 Å². The number of rotatable bonds is 3. The van der Waals surface area contributed by atoms with Crippen LogP contribution in [0.25, 0.3) is 6.08 Å². The van der Waals surface area contributed by atoms with E-state index in [1.807, 2.05) is 12.1 Å². The number of aryl methyl sites for hydroxylation is 1. The Hall–Kier alpha value is -2.07. The highest BCUT2D eigenvalue weighted by Crippen LogP contribution is 2.52. The molecule has 0 radical (unpaired) electrons. The van der Waals surface area contributed by atoms with E-state index in [2.05, 4.69) is 89.4 Å². The number of halogens is 1. The zero-order chi connectivity index (χ0) is 19.2. The van der Waals surface area contributed by atoms with Gasteiger partial charge in [-0.1, -0.05) is 67.0 Å². The predicted octanol–water partition coefficient (Wildman–Crippen LogP) is 5.04. The Bertz CT molecular complexity index is 916. The fraction of sp³-hybridized carbons (Fsp3) is 0.348. The van der Waals surface area contributed by atoms with Gasteiger partial charge in [-0.15, -0.1) is 0 Å². The molecule has 27 heavy (non-hydrogen) atoms. The lowest BCUT2D eigenvalue weighted by Gasteiger charge is -2.49. The number of carbonyl (C=O) groups is 1. The molecule has 1 fully saturated rings. The summed E-state index contributed by atoms with van der Waals surface area (Å²) in [7, 11) is 0. The normalized spacial score (nSPS) is 23.3. The van der Waals surface area contributed by atoms with E-state index in [4.69, 9.17) is 0 Å². The van der Waals surface area contributed by atoms with Crippen molar-refractivity contribution in [3.05, 3.63) is 69.7 Å². The van der Waals surface area contributed by atoms with Crippen LogP contribution >= 0.6 is 15.9 Å². The van der Waals surface area contributed by atoms with E-state index < -0.39 is 5.66 Å². The number of hydrogen-bond acceptors (Lipinski definition) is 2. The molecule has 2 aliphatic heterocycles. The third kappa shape index (κ3) is 2.82. The predicted molar refractivity (Wildman–Crippen MR) is 115 cm³/mol. The Morgan fingerprint density at radius 3 is 2.63 bits per heavy atom. The van der Waals surface area contributed by atoms with Crippen molar-refractivity contribution in [1.29, 1.82) is 0 Å². The number of anilines is 1. The summed E-state index contributed by atoms with van der Waals surface area (Å²) in [5.41, 5.74) is 4.20. The monoisotopic (exact) mass is 424 g/mol. The summed E-state index contributed by atoms with van der Waals surface area (Å²) in [6, 6.07) is 15.0. The van der Waals surface area contributed by atoms with Crippen LogP contribution in [0.5, 0.6) is 0 Å². The number of nitrogens with zero attached hydrogens (tertiary/aromatic N) is 1. The number of benzene rings is 2. The average molecular weight is 425 g/mol. The quantitative estimate of drug-likeness (QED) is 0.748. The van der Waals surface area contributed by atoms with Crippen LogP contribution < -0.4 is 10.2 Å². The van der Waals surface area contributed by atoms with Gasteiger partial charge in [-0.3, -0.25) is 4.79 Å². The van der Waals surface area contributed by atoms with E-state index in [-0.39, 0.29) is 11.3 Å². The van der Waals surface area contributed by atoms with Gasteiger partial charge in [0.05, 0.1) is 0 Å². The number of carbonyl (C=O) groups excluding carboxylic acids is 1. The zero-order valence-corrected chi connectivity index (χ0v) is 17.6. The molecule has 140 valence electrons. The Kier molecular flexibility index (Phi) is 4.42. The van der Waals surface area contributed by atoms with E-state index in [0.29, 0.717) is 6.42 Å². The molecule has 4 rings (SSSR count). The maximum atomic E-state index is 12.5. The Balaban J connectivity index is 1.84. The van der Waals surface area contributed by atoms with Gasteiger partial charge in [0.2, 0.25) is 5.91 Å². The summed E-state index contributed by atoms with van der Waals surface area (Å²) < 4.78 is 1.06. The molecule has 2 heterocycles. The minimum Gasteiger partial charge on any atom is -0.344 e. The lowest BCUT2D eigenvalue weighted by molar-refractivity contribution is -0.124. The second kappa shape index (κ2) is 6.52. The van der Waals surface area contributed by atoms with Crippen molar-refractivity contribution in [3.63, 3.8) is 0 Å². The molecule has 2 aromatic rings. The first-order valence-corrected chi connectivity index (χ1v) is 10.3. The molecule has 4 heteroatoms. The lowest BCUT2D eigenvalue weighted by atomic mass is 9.74. The van der Waals surface area contributed by atoms with E-state index >= 15 is 0 Å². The molecule has 0 saturated carbocycles. The molecule has 2 aromatic carbocycles. The Labute approximate surface area is 169 Å². The summed E-state index contributed by atoms with van der Waals surface area (Å²) in [4.78, 5) is 14.8. The van der Waals surface area contributed by atoms with Crippen LogP contribution in [0.3, 0.4) is 0 Å². The number of fused-ring (bicyclic) bond motifs is 3. The minimum atomic E-state index is -0.551. The summed E-state index contributed by atoms with van der Waals surface area (Å²) in [6.45, 7) is 7.39. The molecule has 1 saturated heterocycles. The summed E-state index contributed by atoms with van der Waals surface area (Å²) in [5.74, 6) is 0.114. The van der Waals surface area contributed by atoms with Gasteiger partial charge in [-0.05, 0) is 47.4 Å². The van der Waals surface area contributed by atoms with E-state index in [0.717, 1.165) is 23.0 Å². The molecule has 1 atom stereocenters. The molecule has 0 spiro atoms. The number of nitrogens with one attached hydrogen (secondary N) is 1. The number of hydrogen-bond donors (Lipinski definition) is 1.